The average molecular weight is 227 g/mol. The summed E-state index contributed by atoms with van der Waals surface area (Å²) in [7, 11) is 1.73. The molecule has 5 heteroatoms. The third-order valence-electron chi connectivity index (χ3n) is 2.41. The highest BCUT2D eigenvalue weighted by molar-refractivity contribution is 5.10. The van der Waals surface area contributed by atoms with Gasteiger partial charge in [0.25, 0.3) is 0 Å². The fraction of sp³-hybridized carbons (Fsp3) is 0.727. The molecule has 3 N–H and O–H groups in total. The molecule has 0 radical (unpaired) electrons. The Morgan fingerprint density at radius 2 is 2.06 bits per heavy atom. The normalized spacial score (nSPS) is 16.1. The monoisotopic (exact) mass is 227 g/mol. The SMILES string of the molecule is CNCC(O)C(O)c1cnn(C(C)(C)C)c1. The highest BCUT2D eigenvalue weighted by Gasteiger charge is 2.21. The molecule has 16 heavy (non-hydrogen) atoms. The van der Waals surface area contributed by atoms with E-state index in [1.54, 1.807) is 24.1 Å². The lowest BCUT2D eigenvalue weighted by atomic mass is 10.1. The maximum atomic E-state index is 9.86. The first-order valence-electron chi connectivity index (χ1n) is 5.42. The molecule has 0 spiro atoms. The molecule has 2 unspecified atom stereocenters. The lowest BCUT2D eigenvalue weighted by molar-refractivity contribution is 0.0201. The molecule has 0 aliphatic rings. The van der Waals surface area contributed by atoms with Gasteiger partial charge >= 0.3 is 0 Å². The van der Waals surface area contributed by atoms with E-state index in [1.807, 2.05) is 20.8 Å². The molecule has 1 heterocycles. The number of hydrogen-bond acceptors (Lipinski definition) is 4. The number of likely N-dealkylation sites (N-methyl/N-ethyl adjacent to an activating group) is 1. The first-order chi connectivity index (χ1) is 7.36. The van der Waals surface area contributed by atoms with E-state index >= 15 is 0 Å². The molecule has 0 aliphatic heterocycles. The van der Waals surface area contributed by atoms with E-state index in [4.69, 9.17) is 0 Å². The summed E-state index contributed by atoms with van der Waals surface area (Å²) in [5, 5.41) is 26.5. The van der Waals surface area contributed by atoms with Crippen molar-refractivity contribution in [3.63, 3.8) is 0 Å². The molecule has 0 fully saturated rings. The van der Waals surface area contributed by atoms with Crippen molar-refractivity contribution in [2.45, 2.75) is 38.5 Å². The molecule has 0 aliphatic carbocycles. The van der Waals surface area contributed by atoms with Crippen LogP contribution in [0.25, 0.3) is 0 Å². The number of aliphatic hydroxyl groups is 2. The summed E-state index contributed by atoms with van der Waals surface area (Å²) in [6.45, 7) is 6.43. The number of nitrogens with zero attached hydrogens (tertiary/aromatic N) is 2. The van der Waals surface area contributed by atoms with Crippen LogP contribution in [0.1, 0.15) is 32.4 Å². The van der Waals surface area contributed by atoms with Gasteiger partial charge in [-0.2, -0.15) is 5.10 Å². The van der Waals surface area contributed by atoms with E-state index in [1.165, 1.54) is 0 Å². The summed E-state index contributed by atoms with van der Waals surface area (Å²) in [5.74, 6) is 0. The van der Waals surface area contributed by atoms with Gasteiger partial charge in [-0.15, -0.1) is 0 Å². The quantitative estimate of drug-likeness (QED) is 0.689. The molecule has 0 bridgehead atoms. The fourth-order valence-electron chi connectivity index (χ4n) is 1.40. The van der Waals surface area contributed by atoms with Crippen LogP contribution >= 0.6 is 0 Å². The van der Waals surface area contributed by atoms with E-state index in [0.717, 1.165) is 0 Å². The fourth-order valence-corrected chi connectivity index (χ4v) is 1.40. The van der Waals surface area contributed by atoms with Gasteiger partial charge in [-0.1, -0.05) is 0 Å². The maximum Gasteiger partial charge on any atom is 0.109 e. The first kappa shape index (κ1) is 13.2. The predicted octanol–water partition coefficient (Wildman–Crippen LogP) is 0.252. The van der Waals surface area contributed by atoms with Gasteiger partial charge in [0.05, 0.1) is 17.8 Å². The summed E-state index contributed by atoms with van der Waals surface area (Å²) < 4.78 is 1.78. The van der Waals surface area contributed by atoms with Crippen LogP contribution in [0.3, 0.4) is 0 Å². The lowest BCUT2D eigenvalue weighted by Crippen LogP contribution is -2.29. The van der Waals surface area contributed by atoms with Crippen LogP contribution in [-0.4, -0.2) is 39.7 Å². The van der Waals surface area contributed by atoms with E-state index in [-0.39, 0.29) is 5.54 Å². The molecule has 0 amide bonds. The smallest absolute Gasteiger partial charge is 0.109 e. The molecule has 1 aromatic rings. The van der Waals surface area contributed by atoms with Gasteiger partial charge in [0.2, 0.25) is 0 Å². The molecule has 0 saturated carbocycles. The summed E-state index contributed by atoms with van der Waals surface area (Å²) >= 11 is 0. The van der Waals surface area contributed by atoms with Gasteiger partial charge in [-0.05, 0) is 27.8 Å². The molecule has 1 rings (SSSR count). The van der Waals surface area contributed by atoms with E-state index < -0.39 is 12.2 Å². The van der Waals surface area contributed by atoms with E-state index in [2.05, 4.69) is 10.4 Å². The van der Waals surface area contributed by atoms with Crippen molar-refractivity contribution in [2.24, 2.45) is 0 Å². The molecule has 1 aromatic heterocycles. The van der Waals surface area contributed by atoms with Gasteiger partial charge in [0.1, 0.15) is 6.10 Å². The zero-order valence-corrected chi connectivity index (χ0v) is 10.3. The average Bonchev–Trinajstić information content (AvgIpc) is 2.65. The molecule has 2 atom stereocenters. The zero-order valence-electron chi connectivity index (χ0n) is 10.3. The third kappa shape index (κ3) is 3.04. The second-order valence-corrected chi connectivity index (χ2v) is 4.96. The number of hydrogen-bond donors (Lipinski definition) is 3. The van der Waals surface area contributed by atoms with Gasteiger partial charge < -0.3 is 15.5 Å². The molecular formula is C11H21N3O2. The predicted molar refractivity (Wildman–Crippen MR) is 62.1 cm³/mol. The van der Waals surface area contributed by atoms with Crippen LogP contribution in [0, 0.1) is 0 Å². The van der Waals surface area contributed by atoms with Gasteiger partial charge in [0.15, 0.2) is 0 Å². The molecule has 0 saturated heterocycles. The summed E-state index contributed by atoms with van der Waals surface area (Å²) in [4.78, 5) is 0. The van der Waals surface area contributed by atoms with Crippen LogP contribution in [-0.2, 0) is 5.54 Å². The van der Waals surface area contributed by atoms with Crippen LogP contribution in [0.2, 0.25) is 0 Å². The molecule has 0 aromatic carbocycles. The highest BCUT2D eigenvalue weighted by atomic mass is 16.3. The molecular weight excluding hydrogens is 206 g/mol. The minimum atomic E-state index is -0.899. The Morgan fingerprint density at radius 3 is 2.50 bits per heavy atom. The lowest BCUT2D eigenvalue weighted by Gasteiger charge is -2.19. The van der Waals surface area contributed by atoms with Crippen LogP contribution in [0.15, 0.2) is 12.4 Å². The van der Waals surface area contributed by atoms with Gasteiger partial charge in [-0.3, -0.25) is 4.68 Å². The van der Waals surface area contributed by atoms with Crippen LogP contribution < -0.4 is 5.32 Å². The van der Waals surface area contributed by atoms with Crippen molar-refractivity contribution in [2.75, 3.05) is 13.6 Å². The minimum absolute atomic E-state index is 0.119. The van der Waals surface area contributed by atoms with Gasteiger partial charge in [-0.25, -0.2) is 0 Å². The Hall–Kier alpha value is -0.910. The van der Waals surface area contributed by atoms with E-state index in [0.29, 0.717) is 12.1 Å². The van der Waals surface area contributed by atoms with Gasteiger partial charge in [0, 0.05) is 18.3 Å². The van der Waals surface area contributed by atoms with Crippen LogP contribution in [0.5, 0.6) is 0 Å². The summed E-state index contributed by atoms with van der Waals surface area (Å²) in [6.07, 6.45) is 1.64. The minimum Gasteiger partial charge on any atom is -0.389 e. The molecule has 5 nitrogen and oxygen atoms in total. The Labute approximate surface area is 96.1 Å². The Balaban J connectivity index is 2.78. The second kappa shape index (κ2) is 4.95. The number of aliphatic hydroxyl groups excluding tert-OH is 2. The van der Waals surface area contributed by atoms with E-state index in [9.17, 15) is 10.2 Å². The maximum absolute atomic E-state index is 9.86. The van der Waals surface area contributed by atoms with Crippen molar-refractivity contribution in [1.29, 1.82) is 0 Å². The Morgan fingerprint density at radius 1 is 1.44 bits per heavy atom. The van der Waals surface area contributed by atoms with Crippen molar-refractivity contribution in [3.8, 4) is 0 Å². The Kier molecular flexibility index (Phi) is 4.07. The Bertz CT molecular complexity index is 330. The van der Waals surface area contributed by atoms with Crippen molar-refractivity contribution in [3.05, 3.63) is 18.0 Å². The third-order valence-corrected chi connectivity index (χ3v) is 2.41. The summed E-state index contributed by atoms with van der Waals surface area (Å²) in [6, 6.07) is 0. The number of aromatic nitrogens is 2. The largest absolute Gasteiger partial charge is 0.389 e. The van der Waals surface area contributed by atoms with Crippen LogP contribution in [0.4, 0.5) is 0 Å². The topological polar surface area (TPSA) is 70.3 Å². The number of rotatable bonds is 4. The highest BCUT2D eigenvalue weighted by Crippen LogP contribution is 2.19. The second-order valence-electron chi connectivity index (χ2n) is 4.96. The van der Waals surface area contributed by atoms with Crippen molar-refractivity contribution < 1.29 is 10.2 Å². The van der Waals surface area contributed by atoms with Crippen molar-refractivity contribution >= 4 is 0 Å². The standard InChI is InChI=1S/C11H21N3O2/c1-11(2,3)14-7-8(5-13-14)10(16)9(15)6-12-4/h5,7,9-10,12,15-16H,6H2,1-4H3. The van der Waals surface area contributed by atoms with Crippen molar-refractivity contribution in [1.82, 2.24) is 15.1 Å². The zero-order chi connectivity index (χ0) is 12.3. The first-order valence-corrected chi connectivity index (χ1v) is 5.42. The summed E-state index contributed by atoms with van der Waals surface area (Å²) in [5.41, 5.74) is 0.518. The molecule has 92 valence electrons. The number of nitrogens with one attached hydrogen (secondary N) is 1.